The SMILES string of the molecule is CCC(C)(CC(=O)NCCN(C)C)c1ccccc1OC. The van der Waals surface area contributed by atoms with Crippen LogP contribution in [-0.2, 0) is 10.2 Å². The summed E-state index contributed by atoms with van der Waals surface area (Å²) in [6.45, 7) is 5.76. The number of likely N-dealkylation sites (N-methyl/N-ethyl adjacent to an activating group) is 1. The lowest BCUT2D eigenvalue weighted by Crippen LogP contribution is -2.36. The van der Waals surface area contributed by atoms with Crippen LogP contribution >= 0.6 is 0 Å². The van der Waals surface area contributed by atoms with Crippen LogP contribution < -0.4 is 10.1 Å². The molecule has 118 valence electrons. The van der Waals surface area contributed by atoms with Gasteiger partial charge in [0.15, 0.2) is 0 Å². The highest BCUT2D eigenvalue weighted by Crippen LogP contribution is 2.37. The van der Waals surface area contributed by atoms with E-state index in [-0.39, 0.29) is 11.3 Å². The van der Waals surface area contributed by atoms with E-state index in [1.54, 1.807) is 7.11 Å². The summed E-state index contributed by atoms with van der Waals surface area (Å²) in [7, 11) is 5.67. The van der Waals surface area contributed by atoms with Gasteiger partial charge in [-0.15, -0.1) is 0 Å². The van der Waals surface area contributed by atoms with Crippen molar-refractivity contribution >= 4 is 5.91 Å². The summed E-state index contributed by atoms with van der Waals surface area (Å²) in [6, 6.07) is 7.95. The van der Waals surface area contributed by atoms with E-state index in [0.717, 1.165) is 24.3 Å². The Kier molecular flexibility index (Phi) is 6.69. The number of benzene rings is 1. The maximum atomic E-state index is 12.2. The van der Waals surface area contributed by atoms with Gasteiger partial charge >= 0.3 is 0 Å². The van der Waals surface area contributed by atoms with E-state index in [4.69, 9.17) is 4.74 Å². The van der Waals surface area contributed by atoms with Crippen LogP contribution in [0.2, 0.25) is 0 Å². The molecular formula is C17H28N2O2. The van der Waals surface area contributed by atoms with Gasteiger partial charge in [0.1, 0.15) is 5.75 Å². The zero-order valence-corrected chi connectivity index (χ0v) is 13.9. The van der Waals surface area contributed by atoms with Crippen molar-refractivity contribution in [1.29, 1.82) is 0 Å². The molecule has 0 saturated heterocycles. The number of hydrogen-bond donors (Lipinski definition) is 1. The Morgan fingerprint density at radius 3 is 2.57 bits per heavy atom. The second kappa shape index (κ2) is 8.03. The molecule has 0 aliphatic carbocycles. The van der Waals surface area contributed by atoms with E-state index in [9.17, 15) is 4.79 Å². The number of amides is 1. The molecule has 1 aromatic rings. The molecule has 4 heteroatoms. The second-order valence-electron chi connectivity index (χ2n) is 5.94. The molecule has 1 rings (SSSR count). The molecule has 1 amide bonds. The quantitative estimate of drug-likeness (QED) is 0.800. The Labute approximate surface area is 128 Å². The summed E-state index contributed by atoms with van der Waals surface area (Å²) in [5.41, 5.74) is 0.882. The van der Waals surface area contributed by atoms with E-state index < -0.39 is 0 Å². The van der Waals surface area contributed by atoms with Gasteiger partial charge in [-0.25, -0.2) is 0 Å². The highest BCUT2D eigenvalue weighted by atomic mass is 16.5. The molecular weight excluding hydrogens is 264 g/mol. The minimum absolute atomic E-state index is 0.0899. The normalized spacial score (nSPS) is 13.8. The van der Waals surface area contributed by atoms with Crippen LogP contribution in [0.5, 0.6) is 5.75 Å². The van der Waals surface area contributed by atoms with Gasteiger partial charge in [-0.2, -0.15) is 0 Å². The van der Waals surface area contributed by atoms with Crippen molar-refractivity contribution in [1.82, 2.24) is 10.2 Å². The van der Waals surface area contributed by atoms with Crippen LogP contribution in [0, 0.1) is 0 Å². The molecule has 0 aromatic heterocycles. The van der Waals surface area contributed by atoms with Gasteiger partial charge in [0.05, 0.1) is 7.11 Å². The number of hydrogen-bond acceptors (Lipinski definition) is 3. The molecule has 21 heavy (non-hydrogen) atoms. The first-order valence-electron chi connectivity index (χ1n) is 7.48. The fourth-order valence-corrected chi connectivity index (χ4v) is 2.39. The zero-order valence-electron chi connectivity index (χ0n) is 13.9. The Morgan fingerprint density at radius 1 is 1.33 bits per heavy atom. The smallest absolute Gasteiger partial charge is 0.220 e. The monoisotopic (exact) mass is 292 g/mol. The molecule has 0 bridgehead atoms. The van der Waals surface area contributed by atoms with Crippen molar-refractivity contribution in [2.75, 3.05) is 34.3 Å². The number of para-hydroxylation sites is 1. The summed E-state index contributed by atoms with van der Waals surface area (Å²) in [6.07, 6.45) is 1.35. The number of nitrogens with one attached hydrogen (secondary N) is 1. The summed E-state index contributed by atoms with van der Waals surface area (Å²) in [5, 5.41) is 2.99. The van der Waals surface area contributed by atoms with Gasteiger partial charge in [0.25, 0.3) is 0 Å². The van der Waals surface area contributed by atoms with Gasteiger partial charge in [-0.05, 0) is 26.6 Å². The molecule has 0 fully saturated rings. The number of methoxy groups -OCH3 is 1. The van der Waals surface area contributed by atoms with Crippen LogP contribution in [-0.4, -0.2) is 45.1 Å². The first-order valence-corrected chi connectivity index (χ1v) is 7.48. The second-order valence-corrected chi connectivity index (χ2v) is 5.94. The number of ether oxygens (including phenoxy) is 1. The molecule has 1 unspecified atom stereocenters. The largest absolute Gasteiger partial charge is 0.496 e. The summed E-state index contributed by atoms with van der Waals surface area (Å²) < 4.78 is 5.45. The van der Waals surface area contributed by atoms with Gasteiger partial charge in [-0.1, -0.05) is 32.0 Å². The zero-order chi connectivity index (χ0) is 15.9. The Hall–Kier alpha value is -1.55. The molecule has 4 nitrogen and oxygen atoms in total. The van der Waals surface area contributed by atoms with Crippen LogP contribution in [0.3, 0.4) is 0 Å². The van der Waals surface area contributed by atoms with E-state index >= 15 is 0 Å². The maximum absolute atomic E-state index is 12.2. The average molecular weight is 292 g/mol. The average Bonchev–Trinajstić information content (AvgIpc) is 2.46. The third kappa shape index (κ3) is 5.05. The lowest BCUT2D eigenvalue weighted by Gasteiger charge is -2.30. The highest BCUT2D eigenvalue weighted by molar-refractivity contribution is 5.77. The first kappa shape index (κ1) is 17.5. The van der Waals surface area contributed by atoms with Gasteiger partial charge in [-0.3, -0.25) is 4.79 Å². The molecule has 0 aliphatic rings. The third-order valence-corrected chi connectivity index (χ3v) is 3.97. The van der Waals surface area contributed by atoms with E-state index in [1.165, 1.54) is 0 Å². The Morgan fingerprint density at radius 2 is 2.00 bits per heavy atom. The summed E-state index contributed by atoms with van der Waals surface area (Å²) in [5.74, 6) is 0.940. The van der Waals surface area contributed by atoms with Crippen LogP contribution in [0.4, 0.5) is 0 Å². The van der Waals surface area contributed by atoms with Gasteiger partial charge < -0.3 is 15.0 Å². The lowest BCUT2D eigenvalue weighted by atomic mass is 9.76. The van der Waals surface area contributed by atoms with Gasteiger partial charge in [0, 0.05) is 30.5 Å². The third-order valence-electron chi connectivity index (χ3n) is 3.97. The minimum Gasteiger partial charge on any atom is -0.496 e. The van der Waals surface area contributed by atoms with Crippen molar-refractivity contribution in [3.63, 3.8) is 0 Å². The number of rotatable bonds is 8. The molecule has 0 aliphatic heterocycles. The summed E-state index contributed by atoms with van der Waals surface area (Å²) >= 11 is 0. The Bertz CT molecular complexity index is 460. The fraction of sp³-hybridized carbons (Fsp3) is 0.588. The molecule has 1 N–H and O–H groups in total. The van der Waals surface area contributed by atoms with E-state index in [1.807, 2.05) is 32.3 Å². The fourth-order valence-electron chi connectivity index (χ4n) is 2.39. The standard InChI is InChI=1S/C17H28N2O2/c1-6-17(2,13-16(20)18-11-12-19(3)4)14-9-7-8-10-15(14)21-5/h7-10H,6,11-13H2,1-5H3,(H,18,20). The number of nitrogens with zero attached hydrogens (tertiary/aromatic N) is 1. The van der Waals surface area contributed by atoms with Gasteiger partial charge in [0.2, 0.25) is 5.91 Å². The predicted octanol–water partition coefficient (Wildman–Crippen LogP) is 2.43. The molecule has 0 radical (unpaired) electrons. The number of carbonyl (C=O) groups is 1. The summed E-state index contributed by atoms with van der Waals surface area (Å²) in [4.78, 5) is 14.3. The van der Waals surface area contributed by atoms with E-state index in [0.29, 0.717) is 13.0 Å². The van der Waals surface area contributed by atoms with Crippen LogP contribution in [0.15, 0.2) is 24.3 Å². The topological polar surface area (TPSA) is 41.6 Å². The van der Waals surface area contributed by atoms with Crippen LogP contribution in [0.1, 0.15) is 32.3 Å². The highest BCUT2D eigenvalue weighted by Gasteiger charge is 2.30. The van der Waals surface area contributed by atoms with Crippen molar-refractivity contribution in [3.8, 4) is 5.75 Å². The lowest BCUT2D eigenvalue weighted by molar-refractivity contribution is -0.122. The maximum Gasteiger partial charge on any atom is 0.220 e. The molecule has 0 heterocycles. The minimum atomic E-state index is -0.213. The molecule has 1 atom stereocenters. The van der Waals surface area contributed by atoms with Crippen LogP contribution in [0.25, 0.3) is 0 Å². The van der Waals surface area contributed by atoms with Crippen molar-refractivity contribution in [3.05, 3.63) is 29.8 Å². The molecule has 1 aromatic carbocycles. The Balaban J connectivity index is 2.78. The van der Waals surface area contributed by atoms with Crippen molar-refractivity contribution < 1.29 is 9.53 Å². The predicted molar refractivity (Wildman–Crippen MR) is 86.8 cm³/mol. The van der Waals surface area contributed by atoms with E-state index in [2.05, 4.69) is 30.1 Å². The van der Waals surface area contributed by atoms with Crippen molar-refractivity contribution in [2.24, 2.45) is 0 Å². The molecule has 0 saturated carbocycles. The first-order chi connectivity index (χ1) is 9.92. The molecule has 0 spiro atoms. The van der Waals surface area contributed by atoms with Crippen molar-refractivity contribution in [2.45, 2.75) is 32.1 Å². The number of carbonyl (C=O) groups excluding carboxylic acids is 1.